The second-order valence-electron chi connectivity index (χ2n) is 4.23. The summed E-state index contributed by atoms with van der Waals surface area (Å²) >= 11 is 0. The van der Waals surface area contributed by atoms with Crippen molar-refractivity contribution in [1.29, 1.82) is 0 Å². The Morgan fingerprint density at radius 2 is 2.06 bits per heavy atom. The Morgan fingerprint density at radius 1 is 1.47 bits per heavy atom. The van der Waals surface area contributed by atoms with E-state index in [1.165, 1.54) is 7.11 Å². The molecule has 3 N–H and O–H groups in total. The van der Waals surface area contributed by atoms with Crippen molar-refractivity contribution >= 4 is 11.9 Å². The number of amides is 1. The molecule has 0 aliphatic heterocycles. The summed E-state index contributed by atoms with van der Waals surface area (Å²) in [4.78, 5) is 23.1. The first kappa shape index (κ1) is 15.5. The summed E-state index contributed by atoms with van der Waals surface area (Å²) in [5.74, 6) is 1.65. The van der Waals surface area contributed by atoms with E-state index >= 15 is 0 Å². The van der Waals surface area contributed by atoms with Crippen molar-refractivity contribution in [3.05, 3.63) is 0 Å². The van der Waals surface area contributed by atoms with Crippen molar-refractivity contribution in [2.45, 2.75) is 38.8 Å². The number of carbonyl (C=O) groups is 2. The minimum Gasteiger partial charge on any atom is -0.467 e. The van der Waals surface area contributed by atoms with Gasteiger partial charge in [-0.1, -0.05) is 13.8 Å². The average Bonchev–Trinajstić information content (AvgIpc) is 2.26. The molecule has 5 heteroatoms. The molecular formula is C12H20N2O3. The molecule has 0 bridgehead atoms. The number of carbonyl (C=O) groups excluding carboxylic acids is 2. The van der Waals surface area contributed by atoms with Crippen LogP contribution in [-0.2, 0) is 14.3 Å². The number of hydrogen-bond acceptors (Lipinski definition) is 4. The lowest BCUT2D eigenvalue weighted by Crippen LogP contribution is -2.49. The summed E-state index contributed by atoms with van der Waals surface area (Å²) in [5, 5.41) is 2.55. The van der Waals surface area contributed by atoms with Crippen molar-refractivity contribution < 1.29 is 14.3 Å². The highest BCUT2D eigenvalue weighted by Crippen LogP contribution is 2.06. The summed E-state index contributed by atoms with van der Waals surface area (Å²) in [7, 11) is 1.28. The monoisotopic (exact) mass is 240 g/mol. The summed E-state index contributed by atoms with van der Waals surface area (Å²) in [6.07, 6.45) is 5.70. The van der Waals surface area contributed by atoms with E-state index in [0.29, 0.717) is 6.42 Å². The van der Waals surface area contributed by atoms with Gasteiger partial charge in [0.1, 0.15) is 6.04 Å². The molecule has 0 saturated heterocycles. The van der Waals surface area contributed by atoms with Gasteiger partial charge in [-0.15, -0.1) is 12.3 Å². The maximum atomic E-state index is 11.6. The van der Waals surface area contributed by atoms with Gasteiger partial charge in [0.25, 0.3) is 0 Å². The molecule has 5 nitrogen and oxygen atoms in total. The zero-order chi connectivity index (χ0) is 13.4. The van der Waals surface area contributed by atoms with Crippen LogP contribution in [0.1, 0.15) is 26.7 Å². The van der Waals surface area contributed by atoms with Crippen LogP contribution < -0.4 is 11.1 Å². The Balaban J connectivity index is 4.48. The summed E-state index contributed by atoms with van der Waals surface area (Å²) < 4.78 is 4.62. The van der Waals surface area contributed by atoms with E-state index < -0.39 is 24.0 Å². The quantitative estimate of drug-likeness (QED) is 0.507. The minimum atomic E-state index is -0.792. The predicted molar refractivity (Wildman–Crippen MR) is 64.8 cm³/mol. The van der Waals surface area contributed by atoms with Crippen LogP contribution in [-0.4, -0.2) is 31.1 Å². The van der Waals surface area contributed by atoms with Crippen molar-refractivity contribution in [2.24, 2.45) is 11.7 Å². The summed E-state index contributed by atoms with van der Waals surface area (Å²) in [6, 6.07) is -1.46. The van der Waals surface area contributed by atoms with Crippen LogP contribution in [0.15, 0.2) is 0 Å². The van der Waals surface area contributed by atoms with Gasteiger partial charge in [0.05, 0.1) is 13.2 Å². The first-order valence-electron chi connectivity index (χ1n) is 5.49. The van der Waals surface area contributed by atoms with Crippen LogP contribution in [0.4, 0.5) is 0 Å². The number of rotatable bonds is 6. The van der Waals surface area contributed by atoms with E-state index in [1.807, 2.05) is 13.8 Å². The molecule has 0 fully saturated rings. The Labute approximate surface area is 102 Å². The number of hydrogen-bond donors (Lipinski definition) is 2. The highest BCUT2D eigenvalue weighted by atomic mass is 16.5. The largest absolute Gasteiger partial charge is 0.467 e. The lowest BCUT2D eigenvalue weighted by atomic mass is 10.0. The van der Waals surface area contributed by atoms with Gasteiger partial charge < -0.3 is 15.8 Å². The van der Waals surface area contributed by atoms with Gasteiger partial charge in [-0.05, 0) is 12.3 Å². The number of nitrogens with two attached hydrogens (primary N) is 1. The highest BCUT2D eigenvalue weighted by molar-refractivity contribution is 5.87. The molecule has 0 heterocycles. The molecule has 0 radical (unpaired) electrons. The molecule has 1 unspecified atom stereocenters. The Hall–Kier alpha value is -1.54. The number of ether oxygens (including phenoxy) is 1. The van der Waals surface area contributed by atoms with Crippen LogP contribution in [0.2, 0.25) is 0 Å². The van der Waals surface area contributed by atoms with Crippen LogP contribution in [0.25, 0.3) is 0 Å². The van der Waals surface area contributed by atoms with Crippen molar-refractivity contribution in [3.8, 4) is 12.3 Å². The fourth-order valence-electron chi connectivity index (χ4n) is 1.33. The molecule has 0 aromatic heterocycles. The van der Waals surface area contributed by atoms with Gasteiger partial charge in [-0.2, -0.15) is 0 Å². The van der Waals surface area contributed by atoms with E-state index in [1.54, 1.807) is 0 Å². The van der Waals surface area contributed by atoms with E-state index in [-0.39, 0.29) is 12.3 Å². The maximum Gasteiger partial charge on any atom is 0.328 e. The molecular weight excluding hydrogens is 220 g/mol. The van der Waals surface area contributed by atoms with Crippen molar-refractivity contribution in [3.63, 3.8) is 0 Å². The smallest absolute Gasteiger partial charge is 0.328 e. The molecule has 1 amide bonds. The molecule has 0 rings (SSSR count). The minimum absolute atomic E-state index is 0.140. The third kappa shape index (κ3) is 5.93. The van der Waals surface area contributed by atoms with E-state index in [4.69, 9.17) is 12.2 Å². The van der Waals surface area contributed by atoms with Crippen LogP contribution in [0, 0.1) is 18.3 Å². The molecule has 0 aliphatic carbocycles. The van der Waals surface area contributed by atoms with E-state index in [9.17, 15) is 9.59 Å². The van der Waals surface area contributed by atoms with Crippen LogP contribution >= 0.6 is 0 Å². The number of methoxy groups -OCH3 is 1. The molecule has 2 atom stereocenters. The van der Waals surface area contributed by atoms with Gasteiger partial charge in [-0.3, -0.25) is 4.79 Å². The lowest BCUT2D eigenvalue weighted by Gasteiger charge is -2.19. The predicted octanol–water partition coefficient (Wildman–Crippen LogP) is 0.0409. The van der Waals surface area contributed by atoms with Gasteiger partial charge in [0.2, 0.25) is 5.91 Å². The fourth-order valence-corrected chi connectivity index (χ4v) is 1.33. The van der Waals surface area contributed by atoms with Crippen LogP contribution in [0.3, 0.4) is 0 Å². The third-order valence-corrected chi connectivity index (χ3v) is 2.18. The normalized spacial score (nSPS) is 13.6. The fraction of sp³-hybridized carbons (Fsp3) is 0.667. The van der Waals surface area contributed by atoms with Crippen molar-refractivity contribution in [1.82, 2.24) is 5.32 Å². The summed E-state index contributed by atoms with van der Waals surface area (Å²) in [5.41, 5.74) is 5.54. The standard InChI is InChI=1S/C12H20N2O3/c1-5-6-9(13)11(15)14-10(7-8(2)3)12(16)17-4/h1,8-10H,6-7,13H2,2-4H3,(H,14,15)/t9?,10-/m0/s1. The zero-order valence-electron chi connectivity index (χ0n) is 10.5. The molecule has 0 aliphatic rings. The molecule has 17 heavy (non-hydrogen) atoms. The Morgan fingerprint density at radius 3 is 2.47 bits per heavy atom. The van der Waals surface area contributed by atoms with Crippen LogP contribution in [0.5, 0.6) is 0 Å². The molecule has 0 saturated carbocycles. The highest BCUT2D eigenvalue weighted by Gasteiger charge is 2.24. The Kier molecular flexibility index (Phi) is 6.99. The third-order valence-electron chi connectivity index (χ3n) is 2.18. The lowest BCUT2D eigenvalue weighted by molar-refractivity contribution is -0.145. The van der Waals surface area contributed by atoms with Gasteiger partial charge in [-0.25, -0.2) is 4.79 Å². The van der Waals surface area contributed by atoms with Crippen molar-refractivity contribution in [2.75, 3.05) is 7.11 Å². The number of esters is 1. The molecule has 0 aromatic rings. The first-order valence-corrected chi connectivity index (χ1v) is 5.49. The van der Waals surface area contributed by atoms with Gasteiger partial charge >= 0.3 is 5.97 Å². The second kappa shape index (κ2) is 7.69. The SMILES string of the molecule is C#CCC(N)C(=O)N[C@@H](CC(C)C)C(=O)OC. The Bertz CT molecular complexity index is 307. The van der Waals surface area contributed by atoms with Gasteiger partial charge in [0.15, 0.2) is 0 Å². The van der Waals surface area contributed by atoms with E-state index in [2.05, 4.69) is 16.0 Å². The second-order valence-corrected chi connectivity index (χ2v) is 4.23. The molecule has 96 valence electrons. The zero-order valence-corrected chi connectivity index (χ0v) is 10.5. The summed E-state index contributed by atoms with van der Waals surface area (Å²) in [6.45, 7) is 3.90. The average molecular weight is 240 g/mol. The van der Waals surface area contributed by atoms with E-state index in [0.717, 1.165) is 0 Å². The first-order chi connectivity index (χ1) is 7.92. The number of terminal acetylenes is 1. The van der Waals surface area contributed by atoms with Gasteiger partial charge in [0, 0.05) is 6.42 Å². The topological polar surface area (TPSA) is 81.4 Å². The molecule has 0 spiro atoms. The maximum absolute atomic E-state index is 11.6. The number of nitrogens with one attached hydrogen (secondary N) is 1. The molecule has 0 aromatic carbocycles.